The average Bonchev–Trinajstić information content (AvgIpc) is 2.40. The SMILES string of the molecule is Fc1ccc(CBr)c(C=NNc2ccccc2)c1. The molecule has 0 aliphatic rings. The van der Waals surface area contributed by atoms with Crippen LogP contribution in [-0.2, 0) is 5.33 Å². The summed E-state index contributed by atoms with van der Waals surface area (Å²) in [4.78, 5) is 0. The fraction of sp³-hybridized carbons (Fsp3) is 0.0714. The predicted molar refractivity (Wildman–Crippen MR) is 76.7 cm³/mol. The Balaban J connectivity index is 2.11. The zero-order chi connectivity index (χ0) is 12.8. The minimum absolute atomic E-state index is 0.263. The summed E-state index contributed by atoms with van der Waals surface area (Å²) in [5.41, 5.74) is 5.54. The Labute approximate surface area is 114 Å². The zero-order valence-electron chi connectivity index (χ0n) is 9.61. The fourth-order valence-electron chi connectivity index (χ4n) is 1.50. The van der Waals surface area contributed by atoms with Gasteiger partial charge >= 0.3 is 0 Å². The molecular weight excluding hydrogens is 295 g/mol. The van der Waals surface area contributed by atoms with Crippen LogP contribution in [0.25, 0.3) is 0 Å². The highest BCUT2D eigenvalue weighted by Gasteiger charge is 2.00. The zero-order valence-corrected chi connectivity index (χ0v) is 11.2. The van der Waals surface area contributed by atoms with Crippen LogP contribution in [-0.4, -0.2) is 6.21 Å². The molecule has 0 heterocycles. The number of benzene rings is 2. The number of hydrogen-bond acceptors (Lipinski definition) is 2. The van der Waals surface area contributed by atoms with E-state index in [1.54, 1.807) is 12.3 Å². The summed E-state index contributed by atoms with van der Waals surface area (Å²) in [6.07, 6.45) is 1.62. The van der Waals surface area contributed by atoms with E-state index < -0.39 is 0 Å². The van der Waals surface area contributed by atoms with Gasteiger partial charge in [-0.25, -0.2) is 4.39 Å². The maximum absolute atomic E-state index is 13.1. The summed E-state index contributed by atoms with van der Waals surface area (Å²) in [7, 11) is 0. The minimum atomic E-state index is -0.263. The summed E-state index contributed by atoms with van der Waals surface area (Å²) < 4.78 is 13.1. The molecule has 1 N–H and O–H groups in total. The van der Waals surface area contributed by atoms with E-state index in [1.807, 2.05) is 30.3 Å². The topological polar surface area (TPSA) is 24.4 Å². The van der Waals surface area contributed by atoms with E-state index in [0.717, 1.165) is 16.8 Å². The third-order valence-electron chi connectivity index (χ3n) is 2.42. The van der Waals surface area contributed by atoms with Crippen molar-refractivity contribution in [3.63, 3.8) is 0 Å². The van der Waals surface area contributed by atoms with E-state index in [-0.39, 0.29) is 5.82 Å². The molecule has 0 fully saturated rings. The van der Waals surface area contributed by atoms with Crippen molar-refractivity contribution in [1.29, 1.82) is 0 Å². The van der Waals surface area contributed by atoms with Crippen molar-refractivity contribution in [3.05, 3.63) is 65.5 Å². The number of halogens is 2. The predicted octanol–water partition coefficient (Wildman–Crippen LogP) is 4.17. The minimum Gasteiger partial charge on any atom is -0.279 e. The summed E-state index contributed by atoms with van der Waals surface area (Å²) >= 11 is 3.37. The molecule has 92 valence electrons. The first-order valence-electron chi connectivity index (χ1n) is 5.48. The Hall–Kier alpha value is -1.68. The number of alkyl halides is 1. The van der Waals surface area contributed by atoms with Crippen molar-refractivity contribution in [1.82, 2.24) is 0 Å². The van der Waals surface area contributed by atoms with Gasteiger partial charge in [0.05, 0.1) is 11.9 Å². The van der Waals surface area contributed by atoms with Crippen molar-refractivity contribution in [2.75, 3.05) is 5.43 Å². The molecule has 18 heavy (non-hydrogen) atoms. The number of nitrogens with zero attached hydrogens (tertiary/aromatic N) is 1. The molecule has 0 amide bonds. The van der Waals surface area contributed by atoms with E-state index in [1.165, 1.54) is 12.1 Å². The maximum atomic E-state index is 13.1. The molecule has 2 nitrogen and oxygen atoms in total. The summed E-state index contributed by atoms with van der Waals surface area (Å²) in [6, 6.07) is 14.3. The molecule has 4 heteroatoms. The van der Waals surface area contributed by atoms with E-state index in [4.69, 9.17) is 0 Å². The highest BCUT2D eigenvalue weighted by molar-refractivity contribution is 9.08. The molecule has 0 aliphatic carbocycles. The Morgan fingerprint density at radius 2 is 1.94 bits per heavy atom. The maximum Gasteiger partial charge on any atom is 0.123 e. The number of hydrazone groups is 1. The number of rotatable bonds is 4. The first-order valence-corrected chi connectivity index (χ1v) is 6.60. The van der Waals surface area contributed by atoms with Crippen molar-refractivity contribution in [2.45, 2.75) is 5.33 Å². The van der Waals surface area contributed by atoms with Gasteiger partial charge in [0, 0.05) is 10.9 Å². The van der Waals surface area contributed by atoms with Crippen molar-refractivity contribution in [3.8, 4) is 0 Å². The fourth-order valence-corrected chi connectivity index (χ4v) is 2.01. The Bertz CT molecular complexity index is 541. The summed E-state index contributed by atoms with van der Waals surface area (Å²) in [6.45, 7) is 0. The number of anilines is 1. The van der Waals surface area contributed by atoms with E-state index in [9.17, 15) is 4.39 Å². The molecule has 0 aliphatic heterocycles. The first-order chi connectivity index (χ1) is 8.79. The quantitative estimate of drug-likeness (QED) is 0.512. The van der Waals surface area contributed by atoms with Gasteiger partial charge in [0.1, 0.15) is 5.82 Å². The van der Waals surface area contributed by atoms with Crippen LogP contribution < -0.4 is 5.43 Å². The number of hydrogen-bond donors (Lipinski definition) is 1. The van der Waals surface area contributed by atoms with Gasteiger partial charge in [-0.05, 0) is 29.8 Å². The second-order valence-corrected chi connectivity index (χ2v) is 4.27. The molecule has 0 saturated carbocycles. The molecule has 2 aromatic rings. The van der Waals surface area contributed by atoms with E-state index in [0.29, 0.717) is 5.33 Å². The third-order valence-corrected chi connectivity index (χ3v) is 3.03. The van der Waals surface area contributed by atoms with Gasteiger partial charge in [-0.3, -0.25) is 5.43 Å². The summed E-state index contributed by atoms with van der Waals surface area (Å²) in [5.74, 6) is -0.263. The Morgan fingerprint density at radius 3 is 2.67 bits per heavy atom. The molecule has 0 spiro atoms. The molecule has 0 unspecified atom stereocenters. The Morgan fingerprint density at radius 1 is 1.17 bits per heavy atom. The highest BCUT2D eigenvalue weighted by Crippen LogP contribution is 2.13. The summed E-state index contributed by atoms with van der Waals surface area (Å²) in [5, 5.41) is 4.77. The van der Waals surface area contributed by atoms with Crippen molar-refractivity contribution in [2.24, 2.45) is 5.10 Å². The molecule has 0 aromatic heterocycles. The van der Waals surface area contributed by atoms with Crippen LogP contribution in [0.1, 0.15) is 11.1 Å². The highest BCUT2D eigenvalue weighted by atomic mass is 79.9. The molecule has 2 rings (SSSR count). The largest absolute Gasteiger partial charge is 0.279 e. The Kier molecular flexibility index (Phi) is 4.47. The first kappa shape index (κ1) is 12.8. The van der Waals surface area contributed by atoms with Crippen LogP contribution in [0.4, 0.5) is 10.1 Å². The molecule has 2 aromatic carbocycles. The van der Waals surface area contributed by atoms with Gasteiger partial charge in [-0.2, -0.15) is 5.10 Å². The molecule has 0 atom stereocenters. The van der Waals surface area contributed by atoms with Gasteiger partial charge in [-0.1, -0.05) is 40.2 Å². The standard InChI is InChI=1S/C14H12BrFN2/c15-9-11-6-7-13(16)8-12(11)10-17-18-14-4-2-1-3-5-14/h1-8,10,18H,9H2. The molecular formula is C14H12BrFN2. The van der Waals surface area contributed by atoms with Crippen LogP contribution in [0.2, 0.25) is 0 Å². The molecule has 0 radical (unpaired) electrons. The van der Waals surface area contributed by atoms with Crippen LogP contribution in [0, 0.1) is 5.82 Å². The second-order valence-electron chi connectivity index (χ2n) is 3.71. The molecule has 0 bridgehead atoms. The monoisotopic (exact) mass is 306 g/mol. The number of nitrogens with one attached hydrogen (secondary N) is 1. The van der Waals surface area contributed by atoms with Gasteiger partial charge in [0.2, 0.25) is 0 Å². The van der Waals surface area contributed by atoms with E-state index >= 15 is 0 Å². The van der Waals surface area contributed by atoms with Crippen LogP contribution in [0.5, 0.6) is 0 Å². The number of para-hydroxylation sites is 1. The lowest BCUT2D eigenvalue weighted by atomic mass is 10.1. The van der Waals surface area contributed by atoms with Crippen molar-refractivity contribution >= 4 is 27.8 Å². The lowest BCUT2D eigenvalue weighted by molar-refractivity contribution is 0.627. The van der Waals surface area contributed by atoms with Crippen LogP contribution in [0.15, 0.2) is 53.6 Å². The third kappa shape index (κ3) is 3.40. The van der Waals surface area contributed by atoms with Crippen LogP contribution >= 0.6 is 15.9 Å². The lowest BCUT2D eigenvalue weighted by Gasteiger charge is -2.02. The molecule has 0 saturated heterocycles. The van der Waals surface area contributed by atoms with Gasteiger partial charge in [0.25, 0.3) is 0 Å². The second kappa shape index (κ2) is 6.31. The van der Waals surface area contributed by atoms with Gasteiger partial charge < -0.3 is 0 Å². The van der Waals surface area contributed by atoms with Crippen LogP contribution in [0.3, 0.4) is 0 Å². The lowest BCUT2D eigenvalue weighted by Crippen LogP contribution is -1.94. The average molecular weight is 307 g/mol. The normalized spacial score (nSPS) is 10.8. The van der Waals surface area contributed by atoms with Gasteiger partial charge in [0.15, 0.2) is 0 Å². The smallest absolute Gasteiger partial charge is 0.123 e. The van der Waals surface area contributed by atoms with Crippen molar-refractivity contribution < 1.29 is 4.39 Å². The van der Waals surface area contributed by atoms with Gasteiger partial charge in [-0.15, -0.1) is 0 Å². The van der Waals surface area contributed by atoms with E-state index in [2.05, 4.69) is 26.5 Å².